The van der Waals surface area contributed by atoms with Crippen molar-refractivity contribution in [3.8, 4) is 11.5 Å². The van der Waals surface area contributed by atoms with Gasteiger partial charge in [0.2, 0.25) is 0 Å². The summed E-state index contributed by atoms with van der Waals surface area (Å²) in [4.78, 5) is 0. The first-order valence-electron chi connectivity index (χ1n) is 6.55. The summed E-state index contributed by atoms with van der Waals surface area (Å²) in [6, 6.07) is 5.67. The SMILES string of the molecule is CC(O)C(C)OC(CN)c1ccc2c(c1)OCCO2. The van der Waals surface area contributed by atoms with Crippen LogP contribution in [0.15, 0.2) is 18.2 Å². The van der Waals surface area contributed by atoms with Crippen LogP contribution in [0.25, 0.3) is 0 Å². The first-order valence-corrected chi connectivity index (χ1v) is 6.55. The van der Waals surface area contributed by atoms with Crippen LogP contribution in [-0.4, -0.2) is 37.1 Å². The third-order valence-corrected chi connectivity index (χ3v) is 3.21. The minimum atomic E-state index is -0.536. The van der Waals surface area contributed by atoms with Gasteiger partial charge in [0.15, 0.2) is 11.5 Å². The molecule has 0 radical (unpaired) electrons. The summed E-state index contributed by atoms with van der Waals surface area (Å²) in [6.45, 7) is 4.99. The maximum Gasteiger partial charge on any atom is 0.161 e. The molecule has 1 aliphatic heterocycles. The normalized spacial score (nSPS) is 18.7. The highest BCUT2D eigenvalue weighted by Crippen LogP contribution is 2.33. The number of aliphatic hydroxyl groups is 1. The van der Waals surface area contributed by atoms with Crippen LogP contribution in [0.4, 0.5) is 0 Å². The Morgan fingerprint density at radius 2 is 1.95 bits per heavy atom. The molecule has 1 aliphatic rings. The first-order chi connectivity index (χ1) is 9.11. The Morgan fingerprint density at radius 3 is 2.58 bits per heavy atom. The van der Waals surface area contributed by atoms with E-state index in [4.69, 9.17) is 19.9 Å². The average Bonchev–Trinajstić information content (AvgIpc) is 2.43. The molecule has 0 saturated heterocycles. The zero-order valence-corrected chi connectivity index (χ0v) is 11.3. The highest BCUT2D eigenvalue weighted by atomic mass is 16.6. The lowest BCUT2D eigenvalue weighted by molar-refractivity contribution is -0.0592. The van der Waals surface area contributed by atoms with Gasteiger partial charge < -0.3 is 25.1 Å². The second-order valence-electron chi connectivity index (χ2n) is 4.71. The molecule has 0 fully saturated rings. The van der Waals surface area contributed by atoms with Crippen molar-refractivity contribution in [2.45, 2.75) is 32.2 Å². The van der Waals surface area contributed by atoms with Gasteiger partial charge in [0.25, 0.3) is 0 Å². The summed E-state index contributed by atoms with van der Waals surface area (Å²) in [7, 11) is 0. The summed E-state index contributed by atoms with van der Waals surface area (Å²) >= 11 is 0. The van der Waals surface area contributed by atoms with E-state index in [1.54, 1.807) is 6.92 Å². The molecule has 5 nitrogen and oxygen atoms in total. The average molecular weight is 267 g/mol. The first kappa shape index (κ1) is 14.1. The molecule has 1 heterocycles. The number of hydrogen-bond acceptors (Lipinski definition) is 5. The fourth-order valence-corrected chi connectivity index (χ4v) is 1.90. The van der Waals surface area contributed by atoms with Crippen molar-refractivity contribution in [2.75, 3.05) is 19.8 Å². The van der Waals surface area contributed by atoms with Crippen molar-refractivity contribution in [1.82, 2.24) is 0 Å². The molecule has 1 aromatic carbocycles. The standard InChI is InChI=1S/C14H21NO4/c1-9(16)10(2)19-14(8-15)11-3-4-12-13(7-11)18-6-5-17-12/h3-4,7,9-10,14,16H,5-6,8,15H2,1-2H3. The van der Waals surface area contributed by atoms with Crippen molar-refractivity contribution in [3.05, 3.63) is 23.8 Å². The third kappa shape index (κ3) is 3.37. The Balaban J connectivity index is 2.14. The van der Waals surface area contributed by atoms with E-state index in [2.05, 4.69) is 0 Å². The van der Waals surface area contributed by atoms with Crippen LogP contribution in [-0.2, 0) is 4.74 Å². The Morgan fingerprint density at radius 1 is 1.26 bits per heavy atom. The highest BCUT2D eigenvalue weighted by molar-refractivity contribution is 5.44. The smallest absolute Gasteiger partial charge is 0.161 e. The molecule has 1 aromatic rings. The van der Waals surface area contributed by atoms with Crippen molar-refractivity contribution < 1.29 is 19.3 Å². The lowest BCUT2D eigenvalue weighted by Crippen LogP contribution is -2.28. The molecular formula is C14H21NO4. The summed E-state index contributed by atoms with van der Waals surface area (Å²) in [5.41, 5.74) is 6.68. The topological polar surface area (TPSA) is 73.9 Å². The molecule has 3 N–H and O–H groups in total. The van der Waals surface area contributed by atoms with Gasteiger partial charge in [-0.3, -0.25) is 0 Å². The van der Waals surface area contributed by atoms with Gasteiger partial charge in [-0.05, 0) is 31.5 Å². The van der Waals surface area contributed by atoms with Crippen LogP contribution in [0.5, 0.6) is 11.5 Å². The van der Waals surface area contributed by atoms with E-state index in [-0.39, 0.29) is 12.2 Å². The van der Waals surface area contributed by atoms with Crippen LogP contribution in [0.3, 0.4) is 0 Å². The molecule has 0 saturated carbocycles. The zero-order valence-electron chi connectivity index (χ0n) is 11.3. The molecule has 5 heteroatoms. The highest BCUT2D eigenvalue weighted by Gasteiger charge is 2.20. The van der Waals surface area contributed by atoms with Crippen LogP contribution in [0.2, 0.25) is 0 Å². The predicted molar refractivity (Wildman–Crippen MR) is 71.5 cm³/mol. The lowest BCUT2D eigenvalue weighted by Gasteiger charge is -2.25. The summed E-state index contributed by atoms with van der Waals surface area (Å²) < 4.78 is 16.8. The predicted octanol–water partition coefficient (Wildman–Crippen LogP) is 1.24. The van der Waals surface area contributed by atoms with E-state index >= 15 is 0 Å². The summed E-state index contributed by atoms with van der Waals surface area (Å²) in [6.07, 6.45) is -1.08. The molecule has 0 bridgehead atoms. The quantitative estimate of drug-likeness (QED) is 0.839. The number of benzene rings is 1. The van der Waals surface area contributed by atoms with E-state index < -0.39 is 6.10 Å². The van der Waals surface area contributed by atoms with Gasteiger partial charge in [-0.2, -0.15) is 0 Å². The largest absolute Gasteiger partial charge is 0.486 e. The Labute approximate surface area is 113 Å². The summed E-state index contributed by atoms with van der Waals surface area (Å²) in [5.74, 6) is 1.46. The van der Waals surface area contributed by atoms with Gasteiger partial charge in [-0.1, -0.05) is 6.07 Å². The molecule has 0 amide bonds. The van der Waals surface area contributed by atoms with Crippen LogP contribution < -0.4 is 15.2 Å². The van der Waals surface area contributed by atoms with Gasteiger partial charge in [0, 0.05) is 6.54 Å². The summed E-state index contributed by atoms with van der Waals surface area (Å²) in [5, 5.41) is 9.49. The van der Waals surface area contributed by atoms with Crippen LogP contribution >= 0.6 is 0 Å². The third-order valence-electron chi connectivity index (χ3n) is 3.21. The molecule has 0 spiro atoms. The number of nitrogens with two attached hydrogens (primary N) is 1. The van der Waals surface area contributed by atoms with Gasteiger partial charge in [-0.25, -0.2) is 0 Å². The number of aliphatic hydroxyl groups excluding tert-OH is 1. The molecule has 2 rings (SSSR count). The molecular weight excluding hydrogens is 246 g/mol. The maximum absolute atomic E-state index is 9.49. The number of hydrogen-bond donors (Lipinski definition) is 2. The Hall–Kier alpha value is -1.30. The molecule has 106 valence electrons. The molecule has 3 unspecified atom stereocenters. The minimum absolute atomic E-state index is 0.263. The Kier molecular flexibility index (Phi) is 4.63. The van der Waals surface area contributed by atoms with Crippen LogP contribution in [0, 0.1) is 0 Å². The fraction of sp³-hybridized carbons (Fsp3) is 0.571. The van der Waals surface area contributed by atoms with Gasteiger partial charge in [-0.15, -0.1) is 0 Å². The van der Waals surface area contributed by atoms with E-state index in [9.17, 15) is 5.11 Å². The molecule has 0 aliphatic carbocycles. The van der Waals surface area contributed by atoms with E-state index in [1.165, 1.54) is 0 Å². The van der Waals surface area contributed by atoms with Crippen LogP contribution in [0.1, 0.15) is 25.5 Å². The van der Waals surface area contributed by atoms with Crippen molar-refractivity contribution in [3.63, 3.8) is 0 Å². The zero-order chi connectivity index (χ0) is 13.8. The van der Waals surface area contributed by atoms with E-state index in [1.807, 2.05) is 25.1 Å². The minimum Gasteiger partial charge on any atom is -0.486 e. The maximum atomic E-state index is 9.49. The van der Waals surface area contributed by atoms with Gasteiger partial charge >= 0.3 is 0 Å². The van der Waals surface area contributed by atoms with Gasteiger partial charge in [0.05, 0.1) is 18.3 Å². The number of fused-ring (bicyclic) bond motifs is 1. The van der Waals surface area contributed by atoms with E-state index in [0.29, 0.717) is 19.8 Å². The fourth-order valence-electron chi connectivity index (χ4n) is 1.90. The van der Waals surface area contributed by atoms with Crippen molar-refractivity contribution in [1.29, 1.82) is 0 Å². The van der Waals surface area contributed by atoms with Crippen molar-refractivity contribution in [2.24, 2.45) is 5.73 Å². The Bertz CT molecular complexity index is 422. The van der Waals surface area contributed by atoms with Gasteiger partial charge in [0.1, 0.15) is 13.2 Å². The second kappa shape index (κ2) is 6.23. The van der Waals surface area contributed by atoms with Crippen molar-refractivity contribution >= 4 is 0 Å². The number of ether oxygens (including phenoxy) is 3. The molecule has 3 atom stereocenters. The monoisotopic (exact) mass is 267 g/mol. The van der Waals surface area contributed by atoms with E-state index in [0.717, 1.165) is 17.1 Å². The molecule has 0 aromatic heterocycles. The second-order valence-corrected chi connectivity index (χ2v) is 4.71. The molecule has 19 heavy (non-hydrogen) atoms. The number of rotatable bonds is 5. The lowest BCUT2D eigenvalue weighted by atomic mass is 10.1.